The van der Waals surface area contributed by atoms with Crippen molar-refractivity contribution in [2.45, 2.75) is 45.1 Å². The van der Waals surface area contributed by atoms with Crippen LogP contribution in [0.5, 0.6) is 0 Å². The quantitative estimate of drug-likeness (QED) is 0.870. The molecule has 0 unspecified atom stereocenters. The lowest BCUT2D eigenvalue weighted by molar-refractivity contribution is -0.127. The predicted octanol–water partition coefficient (Wildman–Crippen LogP) is 2.75. The van der Waals surface area contributed by atoms with E-state index in [1.54, 1.807) is 42.3 Å². The summed E-state index contributed by atoms with van der Waals surface area (Å²) in [5.74, 6) is 0.435. The molecule has 7 nitrogen and oxygen atoms in total. The van der Waals surface area contributed by atoms with Crippen molar-refractivity contribution in [3.05, 3.63) is 53.6 Å². The summed E-state index contributed by atoms with van der Waals surface area (Å²) in [6, 6.07) is 10.9. The number of hydrogen-bond donors (Lipinski definition) is 1. The minimum Gasteiger partial charge on any atom is -0.348 e. The summed E-state index contributed by atoms with van der Waals surface area (Å²) in [6.07, 6.45) is 5.56. The van der Waals surface area contributed by atoms with Crippen molar-refractivity contribution in [2.24, 2.45) is 5.41 Å². The highest BCUT2D eigenvalue weighted by atomic mass is 16.2. The Hall–Kier alpha value is -3.27. The number of aromatic nitrogens is 2. The van der Waals surface area contributed by atoms with Gasteiger partial charge in [-0.2, -0.15) is 5.26 Å². The van der Waals surface area contributed by atoms with Crippen LogP contribution >= 0.6 is 0 Å². The molecule has 2 aliphatic rings. The number of nitrogens with zero attached hydrogens (tertiary/aromatic N) is 4. The Bertz CT molecular complexity index is 999. The Labute approximate surface area is 169 Å². The van der Waals surface area contributed by atoms with Gasteiger partial charge in [-0.25, -0.2) is 9.97 Å². The first kappa shape index (κ1) is 19.1. The van der Waals surface area contributed by atoms with Crippen LogP contribution in [0, 0.1) is 23.7 Å². The second-order valence-electron chi connectivity index (χ2n) is 7.91. The zero-order chi connectivity index (χ0) is 20.4. The zero-order valence-electron chi connectivity index (χ0n) is 16.4. The average Bonchev–Trinajstić information content (AvgIpc) is 3.03. The van der Waals surface area contributed by atoms with Crippen LogP contribution in [-0.4, -0.2) is 34.4 Å². The number of aryl methyl sites for hydroxylation is 1. The number of carbonyl (C=O) groups excluding carboxylic acids is 2. The summed E-state index contributed by atoms with van der Waals surface area (Å²) in [5.41, 5.74) is 1.23. The molecule has 29 heavy (non-hydrogen) atoms. The molecule has 4 rings (SSSR count). The Morgan fingerprint density at radius 3 is 3.00 bits per heavy atom. The van der Waals surface area contributed by atoms with Crippen molar-refractivity contribution >= 4 is 17.5 Å². The molecule has 1 aliphatic carbocycles. The summed E-state index contributed by atoms with van der Waals surface area (Å²) in [6.45, 7) is 2.39. The number of hydrogen-bond acceptors (Lipinski definition) is 5. The Balaban J connectivity index is 1.48. The lowest BCUT2D eigenvalue weighted by Crippen LogP contribution is -2.46. The number of anilines is 1. The topological polar surface area (TPSA) is 99.0 Å². The maximum absolute atomic E-state index is 13.3. The molecule has 0 radical (unpaired) electrons. The molecule has 2 aromatic rings. The van der Waals surface area contributed by atoms with Crippen LogP contribution in [0.15, 0.2) is 36.5 Å². The molecular weight excluding hydrogens is 366 g/mol. The molecule has 1 spiro atoms. The van der Waals surface area contributed by atoms with Crippen molar-refractivity contribution in [1.29, 1.82) is 5.26 Å². The minimum atomic E-state index is -0.444. The molecule has 2 atom stereocenters. The largest absolute Gasteiger partial charge is 0.348 e. The smallest absolute Gasteiger partial charge is 0.270 e. The highest BCUT2D eigenvalue weighted by Crippen LogP contribution is 2.46. The molecule has 1 N–H and O–H groups in total. The first-order valence-electron chi connectivity index (χ1n) is 9.93. The van der Waals surface area contributed by atoms with Crippen LogP contribution in [0.3, 0.4) is 0 Å². The third kappa shape index (κ3) is 3.70. The first-order chi connectivity index (χ1) is 14.0. The summed E-state index contributed by atoms with van der Waals surface area (Å²) < 4.78 is 0. The molecule has 7 heteroatoms. The van der Waals surface area contributed by atoms with Crippen molar-refractivity contribution in [3.63, 3.8) is 0 Å². The second-order valence-corrected chi connectivity index (χ2v) is 7.91. The van der Waals surface area contributed by atoms with E-state index in [4.69, 9.17) is 5.26 Å². The van der Waals surface area contributed by atoms with Gasteiger partial charge in [0.1, 0.15) is 11.5 Å². The fourth-order valence-corrected chi connectivity index (χ4v) is 4.56. The summed E-state index contributed by atoms with van der Waals surface area (Å²) in [5, 5.41) is 12.2. The van der Waals surface area contributed by atoms with Gasteiger partial charge in [-0.3, -0.25) is 9.59 Å². The monoisotopic (exact) mass is 389 g/mol. The molecular formula is C22H23N5O2. The number of amides is 2. The van der Waals surface area contributed by atoms with E-state index >= 15 is 0 Å². The van der Waals surface area contributed by atoms with E-state index in [-0.39, 0.29) is 17.9 Å². The lowest BCUT2D eigenvalue weighted by atomic mass is 9.71. The highest BCUT2D eigenvalue weighted by Gasteiger charge is 2.49. The Kier molecular flexibility index (Phi) is 5.01. The van der Waals surface area contributed by atoms with E-state index in [1.807, 2.05) is 6.07 Å². The maximum Gasteiger partial charge on any atom is 0.270 e. The van der Waals surface area contributed by atoms with Crippen molar-refractivity contribution in [3.8, 4) is 6.07 Å². The van der Waals surface area contributed by atoms with Crippen LogP contribution in [0.2, 0.25) is 0 Å². The summed E-state index contributed by atoms with van der Waals surface area (Å²) >= 11 is 0. The molecule has 2 fully saturated rings. The van der Waals surface area contributed by atoms with Gasteiger partial charge in [0.25, 0.3) is 5.91 Å². The van der Waals surface area contributed by atoms with Crippen molar-refractivity contribution < 1.29 is 9.59 Å². The van der Waals surface area contributed by atoms with Gasteiger partial charge >= 0.3 is 0 Å². The maximum atomic E-state index is 13.3. The van der Waals surface area contributed by atoms with Gasteiger partial charge in [-0.1, -0.05) is 12.5 Å². The zero-order valence-corrected chi connectivity index (χ0v) is 16.4. The molecule has 1 aromatic heterocycles. The van der Waals surface area contributed by atoms with Gasteiger partial charge in [-0.15, -0.1) is 0 Å². The van der Waals surface area contributed by atoms with Gasteiger partial charge in [-0.05, 0) is 56.9 Å². The van der Waals surface area contributed by atoms with Crippen LogP contribution in [0.25, 0.3) is 0 Å². The number of nitriles is 1. The second kappa shape index (κ2) is 7.63. The molecule has 0 bridgehead atoms. The van der Waals surface area contributed by atoms with Crippen LogP contribution in [-0.2, 0) is 4.79 Å². The summed E-state index contributed by atoms with van der Waals surface area (Å²) in [4.78, 5) is 35.9. The van der Waals surface area contributed by atoms with Crippen LogP contribution < -0.4 is 10.2 Å². The molecule has 2 amide bonds. The fraction of sp³-hybridized carbons (Fsp3) is 0.409. The van der Waals surface area contributed by atoms with Crippen molar-refractivity contribution in [1.82, 2.24) is 15.3 Å². The lowest BCUT2D eigenvalue weighted by Gasteiger charge is -2.36. The normalized spacial score (nSPS) is 23.8. The van der Waals surface area contributed by atoms with E-state index in [0.29, 0.717) is 30.0 Å². The number of carbonyl (C=O) groups is 2. The van der Waals surface area contributed by atoms with Crippen LogP contribution in [0.4, 0.5) is 5.69 Å². The number of rotatable bonds is 3. The third-order valence-corrected chi connectivity index (χ3v) is 5.99. The number of benzene rings is 1. The van der Waals surface area contributed by atoms with E-state index < -0.39 is 5.41 Å². The summed E-state index contributed by atoms with van der Waals surface area (Å²) in [7, 11) is 0. The van der Waals surface area contributed by atoms with Gasteiger partial charge in [0.15, 0.2) is 0 Å². The standard InChI is InChI=1S/C22H23N5O2/c1-15-24-10-7-19(25-15)20(28)26-17-5-3-8-22(13-17)9-11-27(21(22)29)18-6-2-4-16(12-18)14-23/h2,4,6-7,10,12,17H,3,5,8-9,11,13H2,1H3,(H,26,28)/t17-,22-/m0/s1. The minimum absolute atomic E-state index is 0.0548. The molecule has 1 saturated heterocycles. The molecule has 1 saturated carbocycles. The Morgan fingerprint density at radius 2 is 2.21 bits per heavy atom. The average molecular weight is 389 g/mol. The van der Waals surface area contributed by atoms with Gasteiger partial charge in [0, 0.05) is 24.5 Å². The molecule has 1 aliphatic heterocycles. The van der Waals surface area contributed by atoms with Gasteiger partial charge in [0.2, 0.25) is 5.91 Å². The number of nitrogens with one attached hydrogen (secondary N) is 1. The van der Waals surface area contributed by atoms with E-state index in [9.17, 15) is 9.59 Å². The third-order valence-electron chi connectivity index (χ3n) is 5.99. The van der Waals surface area contributed by atoms with Gasteiger partial charge in [0.05, 0.1) is 17.0 Å². The van der Waals surface area contributed by atoms with E-state index in [0.717, 1.165) is 31.4 Å². The SMILES string of the molecule is Cc1nccc(C(=O)N[C@H]2CCC[C@]3(CCN(c4cccc(C#N)c4)C3=O)C2)n1. The molecule has 2 heterocycles. The van der Waals surface area contributed by atoms with Crippen LogP contribution in [0.1, 0.15) is 54.0 Å². The first-order valence-corrected chi connectivity index (χ1v) is 9.93. The van der Waals surface area contributed by atoms with E-state index in [1.165, 1.54) is 0 Å². The fourth-order valence-electron chi connectivity index (χ4n) is 4.56. The molecule has 148 valence electrons. The predicted molar refractivity (Wildman–Crippen MR) is 107 cm³/mol. The molecule has 1 aromatic carbocycles. The highest BCUT2D eigenvalue weighted by molar-refractivity contribution is 6.00. The van der Waals surface area contributed by atoms with Gasteiger partial charge < -0.3 is 10.2 Å². The van der Waals surface area contributed by atoms with E-state index in [2.05, 4.69) is 21.4 Å². The Morgan fingerprint density at radius 1 is 1.34 bits per heavy atom. The van der Waals surface area contributed by atoms with Crippen molar-refractivity contribution in [2.75, 3.05) is 11.4 Å².